The number of amides is 1. The average molecular weight is 276 g/mol. The number of likely N-dealkylation sites (tertiary alicyclic amines) is 1. The van der Waals surface area contributed by atoms with Crippen LogP contribution in [0.2, 0.25) is 0 Å². The Bertz CT molecular complexity index is 502. The van der Waals surface area contributed by atoms with Gasteiger partial charge in [0, 0.05) is 12.2 Å². The minimum Gasteiger partial charge on any atom is -0.481 e. The Morgan fingerprint density at radius 1 is 1.40 bits per heavy atom. The summed E-state index contributed by atoms with van der Waals surface area (Å²) < 4.78 is 0. The van der Waals surface area contributed by atoms with Gasteiger partial charge in [-0.1, -0.05) is 25.1 Å². The summed E-state index contributed by atoms with van der Waals surface area (Å²) in [6.45, 7) is 3.42. The number of carboxylic acids is 1. The first-order valence-electron chi connectivity index (χ1n) is 6.93. The molecule has 1 atom stereocenters. The van der Waals surface area contributed by atoms with Gasteiger partial charge >= 0.3 is 5.97 Å². The Morgan fingerprint density at radius 3 is 2.80 bits per heavy atom. The maximum absolute atomic E-state index is 12.0. The highest BCUT2D eigenvalue weighted by Gasteiger charge is 2.28. The van der Waals surface area contributed by atoms with Gasteiger partial charge in [-0.2, -0.15) is 0 Å². The van der Waals surface area contributed by atoms with Crippen molar-refractivity contribution in [1.82, 2.24) is 4.90 Å². The van der Waals surface area contributed by atoms with Crippen molar-refractivity contribution < 1.29 is 14.7 Å². The second-order valence-electron chi connectivity index (χ2n) is 5.12. The van der Waals surface area contributed by atoms with Crippen LogP contribution in [0, 0.1) is 5.92 Å². The van der Waals surface area contributed by atoms with Crippen molar-refractivity contribution in [1.29, 1.82) is 0 Å². The zero-order chi connectivity index (χ0) is 14.5. The van der Waals surface area contributed by atoms with E-state index in [1.807, 2.05) is 36.1 Å². The van der Waals surface area contributed by atoms with Crippen LogP contribution in [-0.4, -0.2) is 41.5 Å². The number of hydrogen-bond donors (Lipinski definition) is 2. The molecule has 1 amide bonds. The zero-order valence-corrected chi connectivity index (χ0v) is 11.6. The van der Waals surface area contributed by atoms with Gasteiger partial charge in [0.2, 0.25) is 5.91 Å². The second kappa shape index (κ2) is 6.52. The minimum absolute atomic E-state index is 0.0862. The minimum atomic E-state index is -0.774. The number of aryl methyl sites for hydroxylation is 1. The van der Waals surface area contributed by atoms with Crippen molar-refractivity contribution in [3.63, 3.8) is 0 Å². The van der Waals surface area contributed by atoms with Crippen molar-refractivity contribution in [3.8, 4) is 0 Å². The Morgan fingerprint density at radius 2 is 2.15 bits per heavy atom. The summed E-state index contributed by atoms with van der Waals surface area (Å²) in [5.74, 6) is -1.20. The van der Waals surface area contributed by atoms with E-state index in [2.05, 4.69) is 5.32 Å². The number of benzene rings is 1. The monoisotopic (exact) mass is 276 g/mol. The summed E-state index contributed by atoms with van der Waals surface area (Å²) in [7, 11) is 0. The van der Waals surface area contributed by atoms with Crippen molar-refractivity contribution >= 4 is 17.6 Å². The van der Waals surface area contributed by atoms with E-state index in [0.29, 0.717) is 19.5 Å². The van der Waals surface area contributed by atoms with Gasteiger partial charge in [0.15, 0.2) is 0 Å². The summed E-state index contributed by atoms with van der Waals surface area (Å²) in [4.78, 5) is 24.8. The number of nitrogens with zero attached hydrogens (tertiary/aromatic N) is 1. The van der Waals surface area contributed by atoms with Crippen LogP contribution < -0.4 is 5.32 Å². The molecule has 1 aliphatic heterocycles. The van der Waals surface area contributed by atoms with E-state index in [-0.39, 0.29) is 18.4 Å². The van der Waals surface area contributed by atoms with Crippen LogP contribution in [0.4, 0.5) is 5.69 Å². The molecule has 5 nitrogen and oxygen atoms in total. The molecule has 0 radical (unpaired) electrons. The third-order valence-corrected chi connectivity index (χ3v) is 3.66. The zero-order valence-electron chi connectivity index (χ0n) is 11.6. The first-order chi connectivity index (χ1) is 9.60. The molecule has 1 aromatic rings. The number of hydrogen-bond acceptors (Lipinski definition) is 3. The number of rotatable bonds is 5. The predicted molar refractivity (Wildman–Crippen MR) is 76.6 cm³/mol. The molecule has 5 heteroatoms. The lowest BCUT2D eigenvalue weighted by molar-refractivity contribution is -0.141. The smallest absolute Gasteiger partial charge is 0.307 e. The first kappa shape index (κ1) is 14.5. The molecule has 0 saturated carbocycles. The molecular formula is C15H20N2O3. The average Bonchev–Trinajstić information content (AvgIpc) is 2.88. The van der Waals surface area contributed by atoms with E-state index in [1.165, 1.54) is 0 Å². The van der Waals surface area contributed by atoms with Crippen LogP contribution in [0.25, 0.3) is 0 Å². The van der Waals surface area contributed by atoms with E-state index in [1.54, 1.807) is 0 Å². The Labute approximate surface area is 118 Å². The SMILES string of the molecule is CCc1ccccc1NC(=O)CN1CCC(C(=O)O)C1. The summed E-state index contributed by atoms with van der Waals surface area (Å²) in [5.41, 5.74) is 1.94. The van der Waals surface area contributed by atoms with Gasteiger partial charge in [0.1, 0.15) is 0 Å². The van der Waals surface area contributed by atoms with Gasteiger partial charge in [-0.05, 0) is 31.0 Å². The predicted octanol–water partition coefficient (Wildman–Crippen LogP) is 1.59. The van der Waals surface area contributed by atoms with E-state index in [4.69, 9.17) is 5.11 Å². The van der Waals surface area contributed by atoms with Gasteiger partial charge < -0.3 is 10.4 Å². The van der Waals surface area contributed by atoms with Crippen LogP contribution in [-0.2, 0) is 16.0 Å². The molecule has 1 fully saturated rings. The number of anilines is 1. The second-order valence-corrected chi connectivity index (χ2v) is 5.12. The summed E-state index contributed by atoms with van der Waals surface area (Å²) in [5, 5.41) is 11.8. The van der Waals surface area contributed by atoms with Crippen LogP contribution in [0.5, 0.6) is 0 Å². The fourth-order valence-corrected chi connectivity index (χ4v) is 2.52. The number of carboxylic acid groups (broad SMARTS) is 1. The Balaban J connectivity index is 1.89. The molecule has 1 aliphatic rings. The Hall–Kier alpha value is -1.88. The number of carbonyl (C=O) groups excluding carboxylic acids is 1. The van der Waals surface area contributed by atoms with Gasteiger partial charge in [0.05, 0.1) is 12.5 Å². The third kappa shape index (κ3) is 3.57. The van der Waals surface area contributed by atoms with Crippen molar-refractivity contribution in [3.05, 3.63) is 29.8 Å². The molecule has 2 rings (SSSR count). The maximum Gasteiger partial charge on any atom is 0.307 e. The van der Waals surface area contributed by atoms with E-state index in [9.17, 15) is 9.59 Å². The molecule has 1 saturated heterocycles. The topological polar surface area (TPSA) is 69.6 Å². The summed E-state index contributed by atoms with van der Waals surface area (Å²) in [6, 6.07) is 7.73. The lowest BCUT2D eigenvalue weighted by Gasteiger charge is -2.16. The van der Waals surface area contributed by atoms with Crippen LogP contribution >= 0.6 is 0 Å². The first-order valence-corrected chi connectivity index (χ1v) is 6.93. The largest absolute Gasteiger partial charge is 0.481 e. The lowest BCUT2D eigenvalue weighted by atomic mass is 10.1. The Kier molecular flexibility index (Phi) is 4.74. The molecule has 1 heterocycles. The van der Waals surface area contributed by atoms with Crippen molar-refractivity contribution in [2.24, 2.45) is 5.92 Å². The highest BCUT2D eigenvalue weighted by atomic mass is 16.4. The number of carbonyl (C=O) groups is 2. The molecular weight excluding hydrogens is 256 g/mol. The maximum atomic E-state index is 12.0. The van der Waals surface area contributed by atoms with Crippen LogP contribution in [0.1, 0.15) is 18.9 Å². The number of aliphatic carboxylic acids is 1. The van der Waals surface area contributed by atoms with Crippen molar-refractivity contribution in [2.45, 2.75) is 19.8 Å². The van der Waals surface area contributed by atoms with Crippen molar-refractivity contribution in [2.75, 3.05) is 25.0 Å². The fourth-order valence-electron chi connectivity index (χ4n) is 2.52. The van der Waals surface area contributed by atoms with Gasteiger partial charge in [-0.3, -0.25) is 14.5 Å². The van der Waals surface area contributed by atoms with Gasteiger partial charge in [-0.25, -0.2) is 0 Å². The molecule has 0 bridgehead atoms. The van der Waals surface area contributed by atoms with E-state index in [0.717, 1.165) is 17.7 Å². The molecule has 0 aromatic heterocycles. The quantitative estimate of drug-likeness (QED) is 0.857. The third-order valence-electron chi connectivity index (χ3n) is 3.66. The van der Waals surface area contributed by atoms with Crippen LogP contribution in [0.3, 0.4) is 0 Å². The number of para-hydroxylation sites is 1. The standard InChI is InChI=1S/C15H20N2O3/c1-2-11-5-3-4-6-13(11)16-14(18)10-17-8-7-12(9-17)15(19)20/h3-6,12H,2,7-10H2,1H3,(H,16,18)(H,19,20). The molecule has 2 N–H and O–H groups in total. The summed E-state index contributed by atoms with van der Waals surface area (Å²) >= 11 is 0. The number of nitrogens with one attached hydrogen (secondary N) is 1. The molecule has 0 spiro atoms. The van der Waals surface area contributed by atoms with Gasteiger partial charge in [0.25, 0.3) is 0 Å². The molecule has 108 valence electrons. The highest BCUT2D eigenvalue weighted by molar-refractivity contribution is 5.93. The molecule has 20 heavy (non-hydrogen) atoms. The lowest BCUT2D eigenvalue weighted by Crippen LogP contribution is -2.32. The van der Waals surface area contributed by atoms with Gasteiger partial charge in [-0.15, -0.1) is 0 Å². The molecule has 1 aromatic carbocycles. The fraction of sp³-hybridized carbons (Fsp3) is 0.467. The summed E-state index contributed by atoms with van der Waals surface area (Å²) in [6.07, 6.45) is 1.48. The normalized spacial score (nSPS) is 18.9. The van der Waals surface area contributed by atoms with E-state index >= 15 is 0 Å². The highest BCUT2D eigenvalue weighted by Crippen LogP contribution is 2.18. The van der Waals surface area contributed by atoms with Crippen LogP contribution in [0.15, 0.2) is 24.3 Å². The van der Waals surface area contributed by atoms with E-state index < -0.39 is 5.97 Å². The molecule has 1 unspecified atom stereocenters. The molecule has 0 aliphatic carbocycles.